The number of benzene rings is 1. The van der Waals surface area contributed by atoms with Gasteiger partial charge < -0.3 is 15.8 Å². The van der Waals surface area contributed by atoms with Gasteiger partial charge in [0.1, 0.15) is 29.5 Å². The molecular weight excluding hydrogens is 323 g/mol. The minimum atomic E-state index is -0.935. The second-order valence-electron chi connectivity index (χ2n) is 6.24. The fourth-order valence-electron chi connectivity index (χ4n) is 2.69. The maximum Gasteiger partial charge on any atom is 0.274 e. The number of pyridine rings is 1. The number of nitrogens with zero attached hydrogens (tertiary/aromatic N) is 2. The van der Waals surface area contributed by atoms with Crippen LogP contribution in [0.25, 0.3) is 0 Å². The third-order valence-corrected chi connectivity index (χ3v) is 3.97. The molecule has 3 rings (SSSR count). The van der Waals surface area contributed by atoms with Crippen molar-refractivity contribution in [3.63, 3.8) is 0 Å². The lowest BCUT2D eigenvalue weighted by Gasteiger charge is -2.30. The molecule has 3 N–H and O–H groups in total. The zero-order valence-electron chi connectivity index (χ0n) is 14.0. The number of aryl methyl sites for hydroxylation is 1. The Labute approximate surface area is 144 Å². The molecule has 2 aromatic rings. The van der Waals surface area contributed by atoms with Crippen LogP contribution in [0.3, 0.4) is 0 Å². The molecule has 1 aliphatic rings. The number of aliphatic imine (C=N–C) groups is 1. The van der Waals surface area contributed by atoms with E-state index in [1.807, 2.05) is 6.92 Å². The van der Waals surface area contributed by atoms with E-state index in [0.717, 1.165) is 5.56 Å². The number of amidine groups is 1. The second kappa shape index (κ2) is 6.60. The zero-order valence-corrected chi connectivity index (χ0v) is 14.0. The molecule has 0 saturated carbocycles. The zero-order chi connectivity index (χ0) is 18.0. The molecule has 1 aliphatic heterocycles. The Kier molecular flexibility index (Phi) is 4.50. The number of amides is 1. The topological polar surface area (TPSA) is 89.6 Å². The van der Waals surface area contributed by atoms with Gasteiger partial charge in [0, 0.05) is 17.4 Å². The highest BCUT2D eigenvalue weighted by Crippen LogP contribution is 2.32. The Morgan fingerprint density at radius 3 is 2.84 bits per heavy atom. The molecule has 0 aliphatic carbocycles. The van der Waals surface area contributed by atoms with Gasteiger partial charge in [-0.05, 0) is 43.7 Å². The minimum Gasteiger partial charge on any atom is -0.386 e. The van der Waals surface area contributed by atoms with Crippen LogP contribution in [-0.4, -0.2) is 29.9 Å². The Balaban J connectivity index is 1.88. The third kappa shape index (κ3) is 3.66. The molecule has 0 spiro atoms. The molecule has 1 atom stereocenters. The number of hydrogen-bond donors (Lipinski definition) is 2. The van der Waals surface area contributed by atoms with Crippen molar-refractivity contribution in [2.24, 2.45) is 10.7 Å². The van der Waals surface area contributed by atoms with Crippen LogP contribution in [-0.2, 0) is 10.3 Å². The molecule has 1 amide bonds. The molecule has 2 heterocycles. The van der Waals surface area contributed by atoms with Crippen LogP contribution >= 0.6 is 0 Å². The number of carbonyl (C=O) groups excluding carboxylic acids is 1. The minimum absolute atomic E-state index is 0.210. The predicted octanol–water partition coefficient (Wildman–Crippen LogP) is 2.38. The number of hydrogen-bond acceptors (Lipinski definition) is 5. The van der Waals surface area contributed by atoms with E-state index in [9.17, 15) is 9.18 Å². The first-order chi connectivity index (χ1) is 11.9. The average Bonchev–Trinajstić information content (AvgIpc) is 2.57. The summed E-state index contributed by atoms with van der Waals surface area (Å²) in [5.41, 5.74) is 6.80. The van der Waals surface area contributed by atoms with Crippen molar-refractivity contribution in [2.45, 2.75) is 19.4 Å². The molecule has 0 radical (unpaired) electrons. The van der Waals surface area contributed by atoms with E-state index in [4.69, 9.17) is 10.5 Å². The van der Waals surface area contributed by atoms with E-state index in [2.05, 4.69) is 15.3 Å². The largest absolute Gasteiger partial charge is 0.386 e. The quantitative estimate of drug-likeness (QED) is 0.896. The van der Waals surface area contributed by atoms with Crippen LogP contribution in [0, 0.1) is 12.7 Å². The number of ether oxygens (including phenoxy) is 1. The van der Waals surface area contributed by atoms with Crippen molar-refractivity contribution in [3.8, 4) is 0 Å². The van der Waals surface area contributed by atoms with Crippen molar-refractivity contribution in [1.82, 2.24) is 4.98 Å². The number of carbonyl (C=O) groups is 1. The fourth-order valence-corrected chi connectivity index (χ4v) is 2.69. The summed E-state index contributed by atoms with van der Waals surface area (Å²) in [5.74, 6) is -0.493. The molecule has 1 aromatic heterocycles. The Morgan fingerprint density at radius 1 is 1.36 bits per heavy atom. The number of rotatable bonds is 3. The molecule has 0 fully saturated rings. The van der Waals surface area contributed by atoms with Crippen molar-refractivity contribution >= 4 is 17.4 Å². The standard InChI is InChI=1S/C18H19FN4O2/c1-11-3-6-15(21-8-11)17(24)22-12-4-5-14(19)13(7-12)18(2)10-25-9-16(20)23-18/h3-8H,9-10H2,1-2H3,(H2,20,23)(H,22,24). The lowest BCUT2D eigenvalue weighted by molar-refractivity contribution is 0.102. The van der Waals surface area contributed by atoms with Gasteiger partial charge >= 0.3 is 0 Å². The van der Waals surface area contributed by atoms with Gasteiger partial charge in [0.2, 0.25) is 0 Å². The smallest absolute Gasteiger partial charge is 0.274 e. The van der Waals surface area contributed by atoms with Crippen molar-refractivity contribution in [3.05, 3.63) is 59.2 Å². The van der Waals surface area contributed by atoms with Crippen molar-refractivity contribution in [2.75, 3.05) is 18.5 Å². The molecule has 0 bridgehead atoms. The van der Waals surface area contributed by atoms with E-state index < -0.39 is 11.4 Å². The highest BCUT2D eigenvalue weighted by atomic mass is 19.1. The van der Waals surface area contributed by atoms with Gasteiger partial charge in [-0.3, -0.25) is 14.8 Å². The van der Waals surface area contributed by atoms with Crippen LogP contribution in [0.2, 0.25) is 0 Å². The monoisotopic (exact) mass is 342 g/mol. The highest BCUT2D eigenvalue weighted by molar-refractivity contribution is 6.02. The van der Waals surface area contributed by atoms with E-state index >= 15 is 0 Å². The Bertz CT molecular complexity index is 835. The first-order valence-electron chi connectivity index (χ1n) is 7.83. The van der Waals surface area contributed by atoms with Gasteiger partial charge in [-0.15, -0.1) is 0 Å². The number of halogens is 1. The maximum atomic E-state index is 14.3. The van der Waals surface area contributed by atoms with Crippen LogP contribution in [0.1, 0.15) is 28.5 Å². The lowest BCUT2D eigenvalue weighted by Crippen LogP contribution is -2.38. The summed E-state index contributed by atoms with van der Waals surface area (Å²) in [6, 6.07) is 7.77. The van der Waals surface area contributed by atoms with E-state index in [-0.39, 0.29) is 24.8 Å². The number of anilines is 1. The molecule has 7 heteroatoms. The van der Waals surface area contributed by atoms with Crippen LogP contribution in [0.5, 0.6) is 0 Å². The summed E-state index contributed by atoms with van der Waals surface area (Å²) in [5, 5.41) is 2.72. The first-order valence-corrected chi connectivity index (χ1v) is 7.83. The molecule has 6 nitrogen and oxygen atoms in total. The molecular formula is C18H19FN4O2. The Hall–Kier alpha value is -2.80. The van der Waals surface area contributed by atoms with E-state index in [1.54, 1.807) is 31.3 Å². The van der Waals surface area contributed by atoms with Crippen molar-refractivity contribution in [1.29, 1.82) is 0 Å². The summed E-state index contributed by atoms with van der Waals surface area (Å²) >= 11 is 0. The summed E-state index contributed by atoms with van der Waals surface area (Å²) < 4.78 is 19.7. The van der Waals surface area contributed by atoms with Crippen LogP contribution in [0.15, 0.2) is 41.5 Å². The molecule has 1 aromatic carbocycles. The highest BCUT2D eigenvalue weighted by Gasteiger charge is 2.33. The van der Waals surface area contributed by atoms with Crippen LogP contribution < -0.4 is 11.1 Å². The molecule has 0 saturated heterocycles. The summed E-state index contributed by atoms with van der Waals surface area (Å²) in [6.45, 7) is 4.07. The number of nitrogens with two attached hydrogens (primary N) is 1. The maximum absolute atomic E-state index is 14.3. The molecule has 25 heavy (non-hydrogen) atoms. The van der Waals surface area contributed by atoms with Crippen LogP contribution in [0.4, 0.5) is 10.1 Å². The lowest BCUT2D eigenvalue weighted by atomic mass is 9.92. The molecule has 130 valence electrons. The SMILES string of the molecule is Cc1ccc(C(=O)Nc2ccc(F)c(C3(C)COCC(N)=N3)c2)nc1. The first kappa shape index (κ1) is 17.0. The third-order valence-electron chi connectivity index (χ3n) is 3.97. The van der Waals surface area contributed by atoms with Gasteiger partial charge in [0.15, 0.2) is 0 Å². The Morgan fingerprint density at radius 2 is 2.16 bits per heavy atom. The van der Waals surface area contributed by atoms with Crippen molar-refractivity contribution < 1.29 is 13.9 Å². The van der Waals surface area contributed by atoms with E-state index in [1.165, 1.54) is 12.1 Å². The predicted molar refractivity (Wildman–Crippen MR) is 93.1 cm³/mol. The average molecular weight is 342 g/mol. The molecule has 1 unspecified atom stereocenters. The summed E-state index contributed by atoms with van der Waals surface area (Å²) in [7, 11) is 0. The van der Waals surface area contributed by atoms with Gasteiger partial charge in [-0.1, -0.05) is 6.07 Å². The van der Waals surface area contributed by atoms with Gasteiger partial charge in [0.25, 0.3) is 5.91 Å². The van der Waals surface area contributed by atoms with Gasteiger partial charge in [0.05, 0.1) is 6.61 Å². The summed E-state index contributed by atoms with van der Waals surface area (Å²) in [6.07, 6.45) is 1.61. The fraction of sp³-hybridized carbons (Fsp3) is 0.278. The summed E-state index contributed by atoms with van der Waals surface area (Å²) in [4.78, 5) is 20.7. The van der Waals surface area contributed by atoms with E-state index in [0.29, 0.717) is 17.1 Å². The number of aromatic nitrogens is 1. The normalized spacial score (nSPS) is 20.0. The van der Waals surface area contributed by atoms with Gasteiger partial charge in [-0.25, -0.2) is 4.39 Å². The number of nitrogens with one attached hydrogen (secondary N) is 1. The van der Waals surface area contributed by atoms with Gasteiger partial charge in [-0.2, -0.15) is 0 Å². The second-order valence-corrected chi connectivity index (χ2v) is 6.24.